The molecule has 15 atom stereocenters. The zero-order valence-corrected chi connectivity index (χ0v) is 31.3. The second-order valence-electron chi connectivity index (χ2n) is 13.9. The van der Waals surface area contributed by atoms with Crippen molar-refractivity contribution in [3.8, 4) is 23.0 Å². The maximum Gasteiger partial charge on any atom is 0.331 e. The van der Waals surface area contributed by atoms with Crippen molar-refractivity contribution in [3.05, 3.63) is 53.6 Å². The summed E-state index contributed by atoms with van der Waals surface area (Å²) in [5, 5.41) is 124. The van der Waals surface area contributed by atoms with Gasteiger partial charge in [0.05, 0.1) is 19.8 Å². The van der Waals surface area contributed by atoms with Gasteiger partial charge in [-0.15, -0.1) is 0 Å². The molecule has 22 heteroatoms. The zero-order chi connectivity index (χ0) is 43.1. The number of benzene rings is 2. The summed E-state index contributed by atoms with van der Waals surface area (Å²) in [6.45, 7) is -1.62. The fraction of sp³-hybridized carbons (Fsp3) is 0.568. The number of aromatic hydroxyl groups is 4. The van der Waals surface area contributed by atoms with Gasteiger partial charge in [-0.2, -0.15) is 0 Å². The van der Waals surface area contributed by atoms with Crippen molar-refractivity contribution < 1.29 is 109 Å². The monoisotopic (exact) mass is 844 g/mol. The number of carbonyl (C=O) groups is 2. The Morgan fingerprint density at radius 1 is 0.644 bits per heavy atom. The van der Waals surface area contributed by atoms with Gasteiger partial charge in [0.25, 0.3) is 0 Å². The SMILES string of the molecule is CC(=O)OC[C@H]1O[C@@H](O[C@@H]2[C@@H](O[C@@H]3O[C@H](CO)[C@@H](O)[C@H](O)[C@H]3O)[C@H](OCCc3ccc(O)c(O)c3)O[C@H](CO)[C@H]2OC(=O)/C=C\c2ccc(O)c(O)c2)[C@H](O)[C@@H](O)[C@@H]1O. The summed E-state index contributed by atoms with van der Waals surface area (Å²) in [4.78, 5) is 25.0. The standard InChI is InChI=1S/C37H48O22/c1-15(40)53-14-24-27(47)29(49)31(51)36(56-24)58-33-32(57-25(45)7-4-16-2-5-18(41)20(43)10-16)23(13-39)55-37(52-9-8-17-3-6-19(42)21(44)11-17)34(33)59-35-30(50)28(48)26(46)22(12-38)54-35/h2-7,10-11,22-24,26-39,41-44,46-51H,8-9,12-14H2,1H3/b7-4-/t22-,23-,24-,26-,27-,28+,29+,30-,31-,32-,33+,34-,35+,36+,37-/m1/s1. The molecule has 0 unspecified atom stereocenters. The lowest BCUT2D eigenvalue weighted by molar-refractivity contribution is -0.391. The van der Waals surface area contributed by atoms with E-state index < -0.39 is 141 Å². The average Bonchev–Trinajstić information content (AvgIpc) is 3.20. The number of rotatable bonds is 15. The molecular formula is C37H48O22. The van der Waals surface area contributed by atoms with Crippen LogP contribution in [0, 0.1) is 0 Å². The van der Waals surface area contributed by atoms with Crippen LogP contribution in [0.3, 0.4) is 0 Å². The number of carbonyl (C=O) groups excluding carboxylic acids is 2. The van der Waals surface area contributed by atoms with Crippen molar-refractivity contribution in [1.82, 2.24) is 0 Å². The first-order valence-electron chi connectivity index (χ1n) is 18.3. The highest BCUT2D eigenvalue weighted by Gasteiger charge is 2.56. The number of phenols is 4. The van der Waals surface area contributed by atoms with Crippen LogP contribution in [0.25, 0.3) is 6.08 Å². The second-order valence-corrected chi connectivity index (χ2v) is 13.9. The summed E-state index contributed by atoms with van der Waals surface area (Å²) in [5.74, 6) is -3.67. The second kappa shape index (κ2) is 20.3. The molecule has 0 spiro atoms. The third kappa shape index (κ3) is 11.1. The van der Waals surface area contributed by atoms with Crippen molar-refractivity contribution in [2.75, 3.05) is 26.4 Å². The first-order valence-corrected chi connectivity index (χ1v) is 18.3. The van der Waals surface area contributed by atoms with Crippen LogP contribution in [-0.2, 0) is 53.9 Å². The number of hydrogen-bond acceptors (Lipinski definition) is 22. The van der Waals surface area contributed by atoms with Crippen LogP contribution in [-0.4, -0.2) is 192 Å². The fourth-order valence-electron chi connectivity index (χ4n) is 6.46. The highest BCUT2D eigenvalue weighted by molar-refractivity contribution is 5.87. The van der Waals surface area contributed by atoms with Gasteiger partial charge < -0.3 is 99.2 Å². The van der Waals surface area contributed by atoms with E-state index in [9.17, 15) is 70.9 Å². The molecule has 3 aliphatic heterocycles. The summed E-state index contributed by atoms with van der Waals surface area (Å²) in [6.07, 6.45) is -25.2. The van der Waals surface area contributed by atoms with Crippen molar-refractivity contribution in [3.63, 3.8) is 0 Å². The van der Waals surface area contributed by atoms with Crippen LogP contribution in [0.4, 0.5) is 0 Å². The van der Waals surface area contributed by atoms with E-state index in [0.717, 1.165) is 25.1 Å². The molecule has 0 aliphatic carbocycles. The molecule has 2 aromatic carbocycles. The van der Waals surface area contributed by atoms with Gasteiger partial charge in [-0.1, -0.05) is 12.1 Å². The van der Waals surface area contributed by atoms with Crippen molar-refractivity contribution in [2.24, 2.45) is 0 Å². The Morgan fingerprint density at radius 3 is 1.80 bits per heavy atom. The molecule has 59 heavy (non-hydrogen) atoms. The lowest BCUT2D eigenvalue weighted by Crippen LogP contribution is -2.67. The Hall–Kier alpha value is -4.24. The third-order valence-electron chi connectivity index (χ3n) is 9.70. The van der Waals surface area contributed by atoms with E-state index in [2.05, 4.69) is 0 Å². The molecule has 12 N–H and O–H groups in total. The van der Waals surface area contributed by atoms with E-state index in [4.69, 9.17) is 37.9 Å². The number of hydrogen-bond donors (Lipinski definition) is 12. The van der Waals surface area contributed by atoms with Crippen LogP contribution in [0.2, 0.25) is 0 Å². The van der Waals surface area contributed by atoms with Crippen LogP contribution < -0.4 is 0 Å². The Balaban J connectivity index is 1.53. The van der Waals surface area contributed by atoms with E-state index in [1.807, 2.05) is 0 Å². The van der Waals surface area contributed by atoms with E-state index in [0.29, 0.717) is 5.56 Å². The van der Waals surface area contributed by atoms with Crippen molar-refractivity contribution >= 4 is 18.0 Å². The largest absolute Gasteiger partial charge is 0.504 e. The van der Waals surface area contributed by atoms with E-state index in [-0.39, 0.29) is 24.3 Å². The summed E-state index contributed by atoms with van der Waals surface area (Å²) in [6, 6.07) is 7.59. The molecule has 3 saturated heterocycles. The predicted molar refractivity (Wildman–Crippen MR) is 191 cm³/mol. The first-order chi connectivity index (χ1) is 28.0. The van der Waals surface area contributed by atoms with Crippen LogP contribution >= 0.6 is 0 Å². The molecular weight excluding hydrogens is 796 g/mol. The Kier molecular flexibility index (Phi) is 15.8. The molecule has 328 valence electrons. The maximum atomic E-state index is 13.4. The fourth-order valence-corrected chi connectivity index (χ4v) is 6.46. The molecule has 3 aliphatic rings. The normalized spacial score (nSPS) is 35.0. The molecule has 2 aromatic rings. The van der Waals surface area contributed by atoms with Gasteiger partial charge in [-0.25, -0.2) is 4.79 Å². The number of aliphatic hydroxyl groups is 8. The molecule has 5 rings (SSSR count). The number of phenolic OH excluding ortho intramolecular Hbond substituents is 4. The van der Waals surface area contributed by atoms with Gasteiger partial charge in [0.2, 0.25) is 0 Å². The molecule has 0 amide bonds. The van der Waals surface area contributed by atoms with E-state index >= 15 is 0 Å². The molecule has 3 fully saturated rings. The Labute approximate surface area is 335 Å². The highest BCUT2D eigenvalue weighted by atomic mass is 16.8. The van der Waals surface area contributed by atoms with Gasteiger partial charge in [0.1, 0.15) is 73.8 Å². The average molecular weight is 845 g/mol. The van der Waals surface area contributed by atoms with E-state index in [1.165, 1.54) is 30.3 Å². The number of aliphatic hydroxyl groups excluding tert-OH is 8. The third-order valence-corrected chi connectivity index (χ3v) is 9.70. The minimum Gasteiger partial charge on any atom is -0.504 e. The summed E-state index contributed by atoms with van der Waals surface area (Å²) in [7, 11) is 0. The summed E-state index contributed by atoms with van der Waals surface area (Å²) in [5.41, 5.74) is 0.688. The van der Waals surface area contributed by atoms with Crippen LogP contribution in [0.5, 0.6) is 23.0 Å². The van der Waals surface area contributed by atoms with Crippen molar-refractivity contribution in [2.45, 2.75) is 105 Å². The smallest absolute Gasteiger partial charge is 0.331 e. The van der Waals surface area contributed by atoms with E-state index in [1.54, 1.807) is 0 Å². The van der Waals surface area contributed by atoms with Crippen LogP contribution in [0.15, 0.2) is 42.5 Å². The summed E-state index contributed by atoms with van der Waals surface area (Å²) < 4.78 is 46.1. The Morgan fingerprint density at radius 2 is 1.20 bits per heavy atom. The maximum absolute atomic E-state index is 13.4. The minimum absolute atomic E-state index is 0.0398. The zero-order valence-electron chi connectivity index (χ0n) is 31.3. The van der Waals surface area contributed by atoms with Gasteiger partial charge in [-0.3, -0.25) is 4.79 Å². The topological polar surface area (TPSA) is 351 Å². The highest BCUT2D eigenvalue weighted by Crippen LogP contribution is 2.36. The summed E-state index contributed by atoms with van der Waals surface area (Å²) >= 11 is 0. The lowest BCUT2D eigenvalue weighted by Gasteiger charge is -2.49. The number of esters is 2. The van der Waals surface area contributed by atoms with Crippen molar-refractivity contribution in [1.29, 1.82) is 0 Å². The molecule has 0 bridgehead atoms. The van der Waals surface area contributed by atoms with Gasteiger partial charge in [0.15, 0.2) is 48.0 Å². The Bertz CT molecular complexity index is 1740. The molecule has 3 heterocycles. The quantitative estimate of drug-likeness (QED) is 0.0467. The molecule has 0 saturated carbocycles. The molecule has 0 aromatic heterocycles. The van der Waals surface area contributed by atoms with Gasteiger partial charge in [-0.05, 0) is 47.9 Å². The van der Waals surface area contributed by atoms with Gasteiger partial charge >= 0.3 is 11.9 Å². The number of ether oxygens (including phenoxy) is 8. The lowest BCUT2D eigenvalue weighted by atomic mass is 9.95. The first kappa shape index (κ1) is 45.8. The molecule has 0 radical (unpaired) electrons. The van der Waals surface area contributed by atoms with Gasteiger partial charge in [0, 0.05) is 13.0 Å². The molecule has 22 nitrogen and oxygen atoms in total. The van der Waals surface area contributed by atoms with Crippen LogP contribution in [0.1, 0.15) is 18.1 Å². The minimum atomic E-state index is -2.07. The predicted octanol–water partition coefficient (Wildman–Crippen LogP) is -3.65.